The predicted octanol–water partition coefficient (Wildman–Crippen LogP) is 1.26. The van der Waals surface area contributed by atoms with Gasteiger partial charge in [-0.05, 0) is 18.6 Å². The van der Waals surface area contributed by atoms with Gasteiger partial charge in [0.15, 0.2) is 5.82 Å². The van der Waals surface area contributed by atoms with Crippen LogP contribution >= 0.6 is 0 Å². The summed E-state index contributed by atoms with van der Waals surface area (Å²) in [6, 6.07) is 9.85. The van der Waals surface area contributed by atoms with E-state index in [0.717, 1.165) is 43.0 Å². The molecule has 1 fully saturated rings. The molecule has 3 rings (SSSR count). The molecule has 6 heteroatoms. The molecule has 2 aromatic rings. The van der Waals surface area contributed by atoms with Crippen molar-refractivity contribution in [3.8, 4) is 0 Å². The van der Waals surface area contributed by atoms with E-state index >= 15 is 0 Å². The van der Waals surface area contributed by atoms with Crippen LogP contribution in [0.4, 0.5) is 17.6 Å². The Morgan fingerprint density at radius 3 is 2.48 bits per heavy atom. The number of aromatic nitrogens is 3. The number of nitrogens with zero attached hydrogens (tertiary/aromatic N) is 3. The van der Waals surface area contributed by atoms with E-state index in [1.54, 1.807) is 0 Å². The first kappa shape index (κ1) is 15.7. The Hall–Kier alpha value is -2.21. The molecule has 2 heterocycles. The summed E-state index contributed by atoms with van der Waals surface area (Å²) in [5.74, 6) is 3.03. The van der Waals surface area contributed by atoms with E-state index in [2.05, 4.69) is 34.1 Å². The topological polar surface area (TPSA) is 81.2 Å². The van der Waals surface area contributed by atoms with Gasteiger partial charge in [0.1, 0.15) is 6.54 Å². The Kier molecular flexibility index (Phi) is 4.71. The van der Waals surface area contributed by atoms with E-state index in [-0.39, 0.29) is 5.95 Å². The minimum atomic E-state index is 0.269. The third-order valence-corrected chi connectivity index (χ3v) is 4.22. The van der Waals surface area contributed by atoms with Gasteiger partial charge < -0.3 is 16.0 Å². The maximum Gasteiger partial charge on any atom is 0.232 e. The minimum Gasteiger partial charge on any atom is -0.368 e. The lowest BCUT2D eigenvalue weighted by Gasteiger charge is -2.31. The molecule has 1 saturated heterocycles. The predicted molar refractivity (Wildman–Crippen MR) is 91.3 cm³/mol. The lowest BCUT2D eigenvalue weighted by atomic mass is 9.92. The quantitative estimate of drug-likeness (QED) is 0.792. The molecular formula is C17H25N6+. The number of nitrogen functional groups attached to an aromatic ring is 1. The first-order valence-corrected chi connectivity index (χ1v) is 8.24. The van der Waals surface area contributed by atoms with Gasteiger partial charge in [-0.1, -0.05) is 32.0 Å². The average Bonchev–Trinajstić information content (AvgIpc) is 2.46. The summed E-state index contributed by atoms with van der Waals surface area (Å²) in [6.07, 6.45) is 1.31. The van der Waals surface area contributed by atoms with E-state index in [0.29, 0.717) is 5.95 Å². The molecule has 23 heavy (non-hydrogen) atoms. The number of likely N-dealkylation sites (tertiary alicyclic amines) is 1. The van der Waals surface area contributed by atoms with Crippen molar-refractivity contribution in [3.63, 3.8) is 0 Å². The third kappa shape index (κ3) is 4.39. The van der Waals surface area contributed by atoms with Crippen molar-refractivity contribution in [2.24, 2.45) is 11.8 Å². The van der Waals surface area contributed by atoms with Crippen molar-refractivity contribution in [2.45, 2.75) is 26.8 Å². The summed E-state index contributed by atoms with van der Waals surface area (Å²) < 4.78 is 0. The molecule has 1 aromatic carbocycles. The van der Waals surface area contributed by atoms with Gasteiger partial charge in [0.05, 0.1) is 13.1 Å². The van der Waals surface area contributed by atoms with Gasteiger partial charge in [-0.3, -0.25) is 0 Å². The highest BCUT2D eigenvalue weighted by atomic mass is 15.2. The zero-order valence-corrected chi connectivity index (χ0v) is 13.8. The van der Waals surface area contributed by atoms with Gasteiger partial charge >= 0.3 is 0 Å². The van der Waals surface area contributed by atoms with Gasteiger partial charge in [-0.2, -0.15) is 15.0 Å². The largest absolute Gasteiger partial charge is 0.368 e. The van der Waals surface area contributed by atoms with Crippen LogP contribution in [0.3, 0.4) is 0 Å². The molecular weight excluding hydrogens is 288 g/mol. The number of nitrogens with two attached hydrogens (primary N) is 1. The zero-order chi connectivity index (χ0) is 16.2. The normalized spacial score (nSPS) is 24.3. The van der Waals surface area contributed by atoms with Gasteiger partial charge in [0.25, 0.3) is 0 Å². The van der Waals surface area contributed by atoms with Crippen molar-refractivity contribution in [3.05, 3.63) is 36.2 Å². The van der Waals surface area contributed by atoms with Gasteiger partial charge in [0.2, 0.25) is 11.9 Å². The molecule has 0 aliphatic carbocycles. The molecule has 1 aliphatic heterocycles. The summed E-state index contributed by atoms with van der Waals surface area (Å²) in [4.78, 5) is 14.6. The van der Waals surface area contributed by atoms with E-state index in [1.807, 2.05) is 30.3 Å². The van der Waals surface area contributed by atoms with Gasteiger partial charge in [-0.15, -0.1) is 0 Å². The number of nitrogens with one attached hydrogen (secondary N) is 2. The molecule has 0 spiro atoms. The van der Waals surface area contributed by atoms with Crippen molar-refractivity contribution in [1.29, 1.82) is 0 Å². The fourth-order valence-electron chi connectivity index (χ4n) is 3.51. The summed E-state index contributed by atoms with van der Waals surface area (Å²) in [6.45, 7) is 7.76. The Bertz CT molecular complexity index is 635. The number of hydrogen-bond acceptors (Lipinski definition) is 5. The van der Waals surface area contributed by atoms with Crippen molar-refractivity contribution >= 4 is 17.6 Å². The van der Waals surface area contributed by atoms with E-state index in [9.17, 15) is 0 Å². The van der Waals surface area contributed by atoms with Crippen LogP contribution in [0.5, 0.6) is 0 Å². The number of hydrogen-bond donors (Lipinski definition) is 3. The van der Waals surface area contributed by atoms with Gasteiger partial charge in [0, 0.05) is 17.5 Å². The van der Waals surface area contributed by atoms with Crippen LogP contribution in [0.15, 0.2) is 30.3 Å². The number of piperidine rings is 1. The molecule has 0 radical (unpaired) electrons. The van der Waals surface area contributed by atoms with Crippen LogP contribution in [0, 0.1) is 11.8 Å². The Morgan fingerprint density at radius 2 is 1.78 bits per heavy atom. The first-order valence-electron chi connectivity index (χ1n) is 8.24. The number of quaternary nitrogens is 1. The molecule has 1 aliphatic rings. The minimum absolute atomic E-state index is 0.269. The molecule has 0 unspecified atom stereocenters. The fourth-order valence-corrected chi connectivity index (χ4v) is 3.51. The Morgan fingerprint density at radius 1 is 1.09 bits per heavy atom. The number of para-hydroxylation sites is 1. The molecule has 4 N–H and O–H groups in total. The summed E-state index contributed by atoms with van der Waals surface area (Å²) in [5.41, 5.74) is 6.80. The monoisotopic (exact) mass is 313 g/mol. The summed E-state index contributed by atoms with van der Waals surface area (Å²) in [5, 5.41) is 3.19. The zero-order valence-electron chi connectivity index (χ0n) is 13.8. The molecule has 2 atom stereocenters. The van der Waals surface area contributed by atoms with Crippen molar-refractivity contribution in [1.82, 2.24) is 15.0 Å². The van der Waals surface area contributed by atoms with E-state index < -0.39 is 0 Å². The van der Waals surface area contributed by atoms with Crippen LogP contribution < -0.4 is 16.0 Å². The number of rotatable bonds is 4. The summed E-state index contributed by atoms with van der Waals surface area (Å²) in [7, 11) is 0. The van der Waals surface area contributed by atoms with Crippen LogP contribution in [0.1, 0.15) is 26.1 Å². The number of benzene rings is 1. The third-order valence-electron chi connectivity index (χ3n) is 4.22. The molecule has 6 nitrogen and oxygen atoms in total. The second kappa shape index (κ2) is 6.91. The summed E-state index contributed by atoms with van der Waals surface area (Å²) >= 11 is 0. The second-order valence-electron chi connectivity index (χ2n) is 6.71. The Labute approximate surface area is 137 Å². The molecule has 122 valence electrons. The highest BCUT2D eigenvalue weighted by molar-refractivity contribution is 5.53. The maximum absolute atomic E-state index is 5.86. The lowest BCUT2D eigenvalue weighted by molar-refractivity contribution is -0.926. The highest BCUT2D eigenvalue weighted by Crippen LogP contribution is 2.14. The standard InChI is InChI=1S/C17H24N6/c1-12-8-13(2)10-23(9-12)11-15-20-16(18)22-17(21-15)19-14-6-4-3-5-7-14/h3-7,12-13H,8-11H2,1-2H3,(H3,18,19,20,21,22)/p+1/t12-,13-/m1/s1. The fraction of sp³-hybridized carbons (Fsp3) is 0.471. The maximum atomic E-state index is 5.86. The van der Waals surface area contributed by atoms with Crippen LogP contribution in [0.25, 0.3) is 0 Å². The molecule has 0 bridgehead atoms. The molecule has 0 amide bonds. The average molecular weight is 313 g/mol. The van der Waals surface area contributed by atoms with Gasteiger partial charge in [-0.25, -0.2) is 0 Å². The van der Waals surface area contributed by atoms with E-state index in [1.165, 1.54) is 11.3 Å². The second-order valence-corrected chi connectivity index (χ2v) is 6.71. The first-order chi connectivity index (χ1) is 11.1. The Balaban J connectivity index is 1.72. The van der Waals surface area contributed by atoms with Crippen molar-refractivity contribution < 1.29 is 4.90 Å². The molecule has 1 aromatic heterocycles. The van der Waals surface area contributed by atoms with Crippen molar-refractivity contribution in [2.75, 3.05) is 24.1 Å². The number of anilines is 3. The highest BCUT2D eigenvalue weighted by Gasteiger charge is 2.26. The smallest absolute Gasteiger partial charge is 0.232 e. The molecule has 0 saturated carbocycles. The van der Waals surface area contributed by atoms with E-state index in [4.69, 9.17) is 5.73 Å². The van der Waals surface area contributed by atoms with Crippen LogP contribution in [-0.4, -0.2) is 28.0 Å². The SMILES string of the molecule is C[C@@H]1C[C@@H](C)C[NH+](Cc2nc(N)nc(Nc3ccccc3)n2)C1. The lowest BCUT2D eigenvalue weighted by Crippen LogP contribution is -3.13. The van der Waals surface area contributed by atoms with Crippen LogP contribution in [-0.2, 0) is 6.54 Å². The van der Waals surface area contributed by atoms with Crippen LogP contribution in [0.2, 0.25) is 0 Å².